The van der Waals surface area contributed by atoms with Crippen molar-refractivity contribution in [1.29, 1.82) is 0 Å². The molecule has 3 N–H and O–H groups in total. The second-order valence-corrected chi connectivity index (χ2v) is 13.9. The van der Waals surface area contributed by atoms with E-state index in [1.54, 1.807) is 0 Å². The number of carbonyl (C=O) groups is 2. The van der Waals surface area contributed by atoms with Crippen LogP contribution in [-0.4, -0.2) is 54.3 Å². The number of carbonyl (C=O) groups excluding carboxylic acids is 2. The summed E-state index contributed by atoms with van der Waals surface area (Å²) in [6.45, 7) is 3.25. The Morgan fingerprint density at radius 1 is 0.608 bits per heavy atom. The number of phosphoric ester groups is 1. The Labute approximate surface area is 310 Å². The summed E-state index contributed by atoms with van der Waals surface area (Å²) in [4.78, 5) is 33.8. The second-order valence-electron chi connectivity index (χ2n) is 12.5. The Bertz CT molecular complexity index is 1070. The van der Waals surface area contributed by atoms with E-state index in [0.717, 1.165) is 96.3 Å². The minimum atomic E-state index is -4.43. The van der Waals surface area contributed by atoms with E-state index in [9.17, 15) is 24.2 Å². The SMILES string of the molecule is CC/C=C\C/C=C\C/C=C\CCCCCCCCCC(=O)OCC(O)COP(=O)(O)OCCNC(=O)CCCCC/C=C\C/C=C\C/C=C\CC. The van der Waals surface area contributed by atoms with Crippen molar-refractivity contribution >= 4 is 19.7 Å². The Kier molecular flexibility index (Phi) is 35.4. The van der Waals surface area contributed by atoms with Crippen LogP contribution in [0.1, 0.15) is 142 Å². The molecule has 2 unspecified atom stereocenters. The molecule has 0 aromatic carbocycles. The van der Waals surface area contributed by atoms with Crippen LogP contribution in [0.15, 0.2) is 72.9 Å². The van der Waals surface area contributed by atoms with Crippen LogP contribution in [0, 0.1) is 0 Å². The molecule has 0 spiro atoms. The van der Waals surface area contributed by atoms with Crippen molar-refractivity contribution in [2.45, 2.75) is 148 Å². The highest BCUT2D eigenvalue weighted by molar-refractivity contribution is 7.47. The van der Waals surface area contributed by atoms with Crippen LogP contribution in [0.5, 0.6) is 0 Å². The van der Waals surface area contributed by atoms with E-state index in [2.05, 4.69) is 92.1 Å². The molecule has 0 saturated carbocycles. The van der Waals surface area contributed by atoms with Gasteiger partial charge < -0.3 is 20.1 Å². The number of allylic oxidation sites excluding steroid dienone is 12. The first-order valence-corrected chi connectivity index (χ1v) is 20.9. The summed E-state index contributed by atoms with van der Waals surface area (Å²) in [6.07, 6.45) is 44.0. The molecule has 0 saturated heterocycles. The third-order valence-electron chi connectivity index (χ3n) is 7.63. The van der Waals surface area contributed by atoms with Gasteiger partial charge in [-0.15, -0.1) is 0 Å². The maximum Gasteiger partial charge on any atom is 0.472 e. The molecular weight excluding hydrogens is 665 g/mol. The van der Waals surface area contributed by atoms with Gasteiger partial charge in [0.25, 0.3) is 0 Å². The molecule has 1 amide bonds. The fourth-order valence-corrected chi connectivity index (χ4v) is 5.52. The number of phosphoric acid groups is 1. The minimum Gasteiger partial charge on any atom is -0.463 e. The topological polar surface area (TPSA) is 131 Å². The summed E-state index contributed by atoms with van der Waals surface area (Å²) in [5, 5.41) is 12.6. The molecule has 0 fully saturated rings. The van der Waals surface area contributed by atoms with Crippen molar-refractivity contribution in [1.82, 2.24) is 5.32 Å². The molecule has 0 aliphatic carbocycles. The van der Waals surface area contributed by atoms with Gasteiger partial charge in [0.15, 0.2) is 0 Å². The zero-order chi connectivity index (χ0) is 37.5. The lowest BCUT2D eigenvalue weighted by Crippen LogP contribution is -2.27. The van der Waals surface area contributed by atoms with Crippen molar-refractivity contribution in [3.05, 3.63) is 72.9 Å². The van der Waals surface area contributed by atoms with Crippen LogP contribution in [0.4, 0.5) is 0 Å². The number of unbranched alkanes of at least 4 members (excludes halogenated alkanes) is 10. The molecule has 51 heavy (non-hydrogen) atoms. The first-order chi connectivity index (χ1) is 24.8. The van der Waals surface area contributed by atoms with Gasteiger partial charge in [-0.25, -0.2) is 4.57 Å². The van der Waals surface area contributed by atoms with Crippen molar-refractivity contribution in [2.24, 2.45) is 0 Å². The fourth-order valence-electron chi connectivity index (χ4n) is 4.76. The number of rotatable bonds is 35. The molecule has 0 rings (SSSR count). The van der Waals surface area contributed by atoms with Crippen LogP contribution >= 0.6 is 7.82 Å². The van der Waals surface area contributed by atoms with Gasteiger partial charge in [-0.1, -0.05) is 125 Å². The Morgan fingerprint density at radius 2 is 1.06 bits per heavy atom. The van der Waals surface area contributed by atoms with Crippen molar-refractivity contribution < 1.29 is 37.9 Å². The lowest BCUT2D eigenvalue weighted by molar-refractivity contribution is -0.147. The normalized spacial score (nSPS) is 14.2. The summed E-state index contributed by atoms with van der Waals surface area (Å²) in [7, 11) is -4.43. The van der Waals surface area contributed by atoms with E-state index >= 15 is 0 Å². The predicted molar refractivity (Wildman–Crippen MR) is 210 cm³/mol. The zero-order valence-electron chi connectivity index (χ0n) is 31.8. The van der Waals surface area contributed by atoms with Crippen molar-refractivity contribution in [3.8, 4) is 0 Å². The van der Waals surface area contributed by atoms with Crippen LogP contribution in [0.25, 0.3) is 0 Å². The highest BCUT2D eigenvalue weighted by Gasteiger charge is 2.23. The van der Waals surface area contributed by atoms with Gasteiger partial charge in [-0.05, 0) is 77.0 Å². The number of amides is 1. The number of nitrogens with one attached hydrogen (secondary N) is 1. The van der Waals surface area contributed by atoms with E-state index in [-0.39, 0.29) is 32.1 Å². The highest BCUT2D eigenvalue weighted by atomic mass is 31.2. The summed E-state index contributed by atoms with van der Waals surface area (Å²) in [5.41, 5.74) is 0. The quantitative estimate of drug-likeness (QED) is 0.0254. The van der Waals surface area contributed by atoms with Crippen molar-refractivity contribution in [3.63, 3.8) is 0 Å². The summed E-state index contributed by atoms with van der Waals surface area (Å²) in [6, 6.07) is 0. The highest BCUT2D eigenvalue weighted by Crippen LogP contribution is 2.42. The maximum absolute atomic E-state index is 12.1. The van der Waals surface area contributed by atoms with Crippen LogP contribution in [0.3, 0.4) is 0 Å². The smallest absolute Gasteiger partial charge is 0.463 e. The van der Waals surface area contributed by atoms with Gasteiger partial charge in [0.2, 0.25) is 5.91 Å². The Hall–Kier alpha value is -2.55. The van der Waals surface area contributed by atoms with E-state index in [1.807, 2.05) is 0 Å². The minimum absolute atomic E-state index is 0.0606. The number of aliphatic hydroxyl groups is 1. The van der Waals surface area contributed by atoms with Crippen LogP contribution in [-0.2, 0) is 27.9 Å². The van der Waals surface area contributed by atoms with E-state index < -0.39 is 26.5 Å². The van der Waals surface area contributed by atoms with Gasteiger partial charge in [0, 0.05) is 19.4 Å². The largest absolute Gasteiger partial charge is 0.472 e. The van der Waals surface area contributed by atoms with Gasteiger partial charge in [0.1, 0.15) is 12.7 Å². The zero-order valence-corrected chi connectivity index (χ0v) is 32.7. The average Bonchev–Trinajstić information content (AvgIpc) is 3.11. The molecule has 0 aliphatic rings. The average molecular weight is 736 g/mol. The van der Waals surface area contributed by atoms with Crippen LogP contribution in [0.2, 0.25) is 0 Å². The van der Waals surface area contributed by atoms with Gasteiger partial charge >= 0.3 is 13.8 Å². The van der Waals surface area contributed by atoms with Crippen LogP contribution < -0.4 is 5.32 Å². The monoisotopic (exact) mass is 735 g/mol. The van der Waals surface area contributed by atoms with Crippen molar-refractivity contribution in [2.75, 3.05) is 26.4 Å². The standard InChI is InChI=1S/C41H70NO8P/c1-3-5-7-9-11-13-15-17-18-19-20-22-24-26-28-30-32-34-41(45)48-37-39(43)38-50-51(46,47)49-36-35-42-40(44)33-31-29-27-25-23-21-16-14-12-10-8-6-4-2/h5-8,11-14,17-18,21,23,39,43H,3-4,9-10,15-16,19-20,22,24-38H2,1-2H3,(H,42,44)(H,46,47)/b7-5-,8-6-,13-11-,14-12-,18-17-,23-21-. The summed E-state index contributed by atoms with van der Waals surface area (Å²) in [5.74, 6) is -0.564. The van der Waals surface area contributed by atoms with E-state index in [4.69, 9.17) is 13.8 Å². The molecule has 0 radical (unpaired) electrons. The molecule has 0 heterocycles. The molecule has 0 bridgehead atoms. The predicted octanol–water partition coefficient (Wildman–Crippen LogP) is 10.3. The first kappa shape index (κ1) is 48.5. The van der Waals surface area contributed by atoms with Gasteiger partial charge in [-0.2, -0.15) is 0 Å². The molecule has 2 atom stereocenters. The maximum atomic E-state index is 12.1. The molecule has 10 heteroatoms. The number of hydrogen-bond acceptors (Lipinski definition) is 7. The second kappa shape index (κ2) is 37.2. The molecule has 0 aliphatic heterocycles. The molecule has 0 aromatic heterocycles. The lowest BCUT2D eigenvalue weighted by Gasteiger charge is -2.15. The first-order valence-electron chi connectivity index (χ1n) is 19.4. The molecule has 292 valence electrons. The number of hydrogen-bond donors (Lipinski definition) is 3. The third kappa shape index (κ3) is 38.5. The Balaban J connectivity index is 3.68. The summed E-state index contributed by atoms with van der Waals surface area (Å²) < 4.78 is 26.8. The fraction of sp³-hybridized carbons (Fsp3) is 0.659. The summed E-state index contributed by atoms with van der Waals surface area (Å²) >= 11 is 0. The van der Waals surface area contributed by atoms with E-state index in [0.29, 0.717) is 6.42 Å². The molecule has 9 nitrogen and oxygen atoms in total. The third-order valence-corrected chi connectivity index (χ3v) is 8.62. The molecule has 0 aromatic rings. The lowest BCUT2D eigenvalue weighted by atomic mass is 10.1. The molecular formula is C41H70NO8P. The van der Waals surface area contributed by atoms with Gasteiger partial charge in [0.05, 0.1) is 13.2 Å². The van der Waals surface area contributed by atoms with E-state index in [1.165, 1.54) is 19.3 Å². The number of aliphatic hydroxyl groups excluding tert-OH is 1. The number of ether oxygens (including phenoxy) is 1. The Morgan fingerprint density at radius 3 is 1.61 bits per heavy atom. The number of esters is 1. The van der Waals surface area contributed by atoms with Gasteiger partial charge in [-0.3, -0.25) is 18.6 Å².